The van der Waals surface area contributed by atoms with Crippen molar-refractivity contribution in [2.24, 2.45) is 0 Å². The molecule has 0 aliphatic heterocycles. The van der Waals surface area contributed by atoms with Crippen LogP contribution in [0.5, 0.6) is 0 Å². The van der Waals surface area contributed by atoms with E-state index < -0.39 is 10.2 Å². The highest BCUT2D eigenvalue weighted by molar-refractivity contribution is 7.90. The normalized spacial score (nSPS) is 11.5. The van der Waals surface area contributed by atoms with Crippen molar-refractivity contribution in [1.29, 1.82) is 0 Å². The van der Waals surface area contributed by atoms with E-state index in [0.717, 1.165) is 25.3 Å². The summed E-state index contributed by atoms with van der Waals surface area (Å²) >= 11 is 5.90. The first-order valence-electron chi connectivity index (χ1n) is 8.78. The number of carbonyl (C=O) groups excluding carboxylic acids is 1. The average Bonchev–Trinajstić information content (AvgIpc) is 2.63. The molecule has 0 unspecified atom stereocenters. The minimum absolute atomic E-state index is 0.283. The molecule has 0 saturated carbocycles. The molecular formula is C20H26ClN3O3S. The van der Waals surface area contributed by atoms with Gasteiger partial charge in [0.1, 0.15) is 6.54 Å². The highest BCUT2D eigenvalue weighted by Crippen LogP contribution is 2.25. The Morgan fingerprint density at radius 3 is 2.18 bits per heavy atom. The van der Waals surface area contributed by atoms with Crippen molar-refractivity contribution in [1.82, 2.24) is 9.21 Å². The fraction of sp³-hybridized carbons (Fsp3) is 0.350. The Bertz CT molecular complexity index is 944. The molecule has 2 rings (SSSR count). The number of aryl methyl sites for hydroxylation is 2. The third-order valence-corrected chi connectivity index (χ3v) is 6.47. The minimum Gasteiger partial charge on any atom is -0.340 e. The molecule has 0 spiro atoms. The Balaban J connectivity index is 2.30. The van der Waals surface area contributed by atoms with Crippen molar-refractivity contribution >= 4 is 33.4 Å². The summed E-state index contributed by atoms with van der Waals surface area (Å²) in [5.74, 6) is -0.304. The van der Waals surface area contributed by atoms with Crippen LogP contribution >= 0.6 is 11.6 Å². The summed E-state index contributed by atoms with van der Waals surface area (Å²) in [7, 11) is 0.724. The standard InChI is InChI=1S/C20H26ClN3O3S/c1-15-6-7-16(2)19(12-15)24(28(26,27)22(3)4)14-20(25)23(5)13-17-8-10-18(21)11-9-17/h6-12H,13-14H2,1-5H3. The van der Waals surface area contributed by atoms with Gasteiger partial charge in [-0.25, -0.2) is 4.31 Å². The first-order chi connectivity index (χ1) is 13.0. The van der Waals surface area contributed by atoms with Gasteiger partial charge in [0.2, 0.25) is 5.91 Å². The van der Waals surface area contributed by atoms with E-state index in [-0.39, 0.29) is 12.5 Å². The summed E-state index contributed by atoms with van der Waals surface area (Å²) in [6.07, 6.45) is 0. The predicted octanol–water partition coefficient (Wildman–Crippen LogP) is 3.23. The van der Waals surface area contributed by atoms with E-state index in [0.29, 0.717) is 17.3 Å². The molecule has 152 valence electrons. The van der Waals surface area contributed by atoms with Crippen molar-refractivity contribution in [3.63, 3.8) is 0 Å². The van der Waals surface area contributed by atoms with Crippen molar-refractivity contribution in [3.05, 3.63) is 64.2 Å². The lowest BCUT2D eigenvalue weighted by atomic mass is 10.1. The van der Waals surface area contributed by atoms with Gasteiger partial charge < -0.3 is 4.90 Å². The summed E-state index contributed by atoms with van der Waals surface area (Å²) in [6, 6.07) is 12.7. The molecule has 2 aromatic carbocycles. The Morgan fingerprint density at radius 2 is 1.61 bits per heavy atom. The second-order valence-corrected chi connectivity index (χ2v) is 9.47. The van der Waals surface area contributed by atoms with Crippen molar-refractivity contribution in [2.75, 3.05) is 32.0 Å². The van der Waals surface area contributed by atoms with Crippen molar-refractivity contribution < 1.29 is 13.2 Å². The van der Waals surface area contributed by atoms with Gasteiger partial charge in [-0.05, 0) is 48.7 Å². The molecular weight excluding hydrogens is 398 g/mol. The lowest BCUT2D eigenvalue weighted by Crippen LogP contribution is -2.46. The zero-order valence-electron chi connectivity index (χ0n) is 16.8. The average molecular weight is 424 g/mol. The van der Waals surface area contributed by atoms with Crippen LogP contribution in [0.1, 0.15) is 16.7 Å². The van der Waals surface area contributed by atoms with Gasteiger partial charge in [-0.2, -0.15) is 12.7 Å². The van der Waals surface area contributed by atoms with E-state index in [1.165, 1.54) is 19.0 Å². The maximum atomic E-state index is 12.9. The monoisotopic (exact) mass is 423 g/mol. The van der Waals surface area contributed by atoms with E-state index in [4.69, 9.17) is 11.6 Å². The topological polar surface area (TPSA) is 60.9 Å². The second-order valence-electron chi connectivity index (χ2n) is 6.96. The Kier molecular flexibility index (Phi) is 7.09. The summed E-state index contributed by atoms with van der Waals surface area (Å²) in [5, 5.41) is 0.621. The SMILES string of the molecule is Cc1ccc(C)c(N(CC(=O)N(C)Cc2ccc(Cl)cc2)S(=O)(=O)N(C)C)c1. The largest absolute Gasteiger partial charge is 0.340 e. The van der Waals surface area contributed by atoms with Crippen LogP contribution in [0.25, 0.3) is 0 Å². The number of benzene rings is 2. The summed E-state index contributed by atoms with van der Waals surface area (Å²) in [5.41, 5.74) is 3.11. The molecule has 2 aromatic rings. The minimum atomic E-state index is -3.84. The molecule has 1 amide bonds. The van der Waals surface area contributed by atoms with Gasteiger partial charge in [0.15, 0.2) is 0 Å². The smallest absolute Gasteiger partial charge is 0.304 e. The summed E-state index contributed by atoms with van der Waals surface area (Å²) < 4.78 is 28.1. The third kappa shape index (κ3) is 5.25. The zero-order chi connectivity index (χ0) is 21.1. The van der Waals surface area contributed by atoms with Crippen LogP contribution in [0.15, 0.2) is 42.5 Å². The number of rotatable bonds is 7. The highest BCUT2D eigenvalue weighted by atomic mass is 35.5. The number of nitrogens with zero attached hydrogens (tertiary/aromatic N) is 3. The molecule has 0 saturated heterocycles. The van der Waals surface area contributed by atoms with Crippen LogP contribution in [-0.2, 0) is 21.5 Å². The van der Waals surface area contributed by atoms with Crippen LogP contribution in [0, 0.1) is 13.8 Å². The molecule has 0 aliphatic carbocycles. The molecule has 8 heteroatoms. The van der Waals surface area contributed by atoms with E-state index in [1.54, 1.807) is 25.2 Å². The molecule has 0 N–H and O–H groups in total. The number of hydrogen-bond donors (Lipinski definition) is 0. The predicted molar refractivity (Wildman–Crippen MR) is 114 cm³/mol. The maximum absolute atomic E-state index is 12.9. The number of amides is 1. The molecule has 0 aliphatic rings. The Hall–Kier alpha value is -2.09. The van der Waals surface area contributed by atoms with Gasteiger partial charge >= 0.3 is 10.2 Å². The van der Waals surface area contributed by atoms with Crippen LogP contribution in [0.4, 0.5) is 5.69 Å². The van der Waals surface area contributed by atoms with Gasteiger partial charge in [-0.1, -0.05) is 35.9 Å². The third-order valence-electron chi connectivity index (χ3n) is 4.41. The van der Waals surface area contributed by atoms with Gasteiger partial charge in [0.05, 0.1) is 5.69 Å². The van der Waals surface area contributed by atoms with E-state index in [1.807, 2.05) is 38.1 Å². The lowest BCUT2D eigenvalue weighted by Gasteiger charge is -2.30. The molecule has 6 nitrogen and oxygen atoms in total. The van der Waals surface area contributed by atoms with Crippen LogP contribution in [0.2, 0.25) is 5.02 Å². The fourth-order valence-corrected chi connectivity index (χ4v) is 3.91. The summed E-state index contributed by atoms with van der Waals surface area (Å²) in [4.78, 5) is 14.3. The Labute approximate surface area is 172 Å². The first kappa shape index (κ1) is 22.2. The molecule has 0 atom stereocenters. The lowest BCUT2D eigenvalue weighted by molar-refractivity contribution is -0.128. The fourth-order valence-electron chi connectivity index (χ4n) is 2.67. The number of halogens is 1. The second kappa shape index (κ2) is 8.94. The maximum Gasteiger partial charge on any atom is 0.304 e. The Morgan fingerprint density at radius 1 is 1.00 bits per heavy atom. The highest BCUT2D eigenvalue weighted by Gasteiger charge is 2.29. The van der Waals surface area contributed by atoms with E-state index >= 15 is 0 Å². The number of likely N-dealkylation sites (N-methyl/N-ethyl adjacent to an activating group) is 1. The van der Waals surface area contributed by atoms with E-state index in [2.05, 4.69) is 0 Å². The van der Waals surface area contributed by atoms with Crippen molar-refractivity contribution in [3.8, 4) is 0 Å². The van der Waals surface area contributed by atoms with Gasteiger partial charge in [-0.3, -0.25) is 4.79 Å². The van der Waals surface area contributed by atoms with Gasteiger partial charge in [-0.15, -0.1) is 0 Å². The van der Waals surface area contributed by atoms with Crippen LogP contribution in [0.3, 0.4) is 0 Å². The zero-order valence-corrected chi connectivity index (χ0v) is 18.4. The molecule has 0 bridgehead atoms. The molecule has 0 radical (unpaired) electrons. The number of carbonyl (C=O) groups is 1. The summed E-state index contributed by atoms with van der Waals surface area (Å²) in [6.45, 7) is 3.79. The van der Waals surface area contributed by atoms with Crippen LogP contribution in [-0.4, -0.2) is 51.2 Å². The quantitative estimate of drug-likeness (QED) is 0.686. The van der Waals surface area contributed by atoms with Gasteiger partial charge in [0, 0.05) is 32.7 Å². The number of anilines is 1. The first-order valence-corrected chi connectivity index (χ1v) is 10.6. The van der Waals surface area contributed by atoms with Gasteiger partial charge in [0.25, 0.3) is 0 Å². The van der Waals surface area contributed by atoms with Crippen LogP contribution < -0.4 is 4.31 Å². The number of hydrogen-bond acceptors (Lipinski definition) is 3. The molecule has 0 heterocycles. The van der Waals surface area contributed by atoms with E-state index in [9.17, 15) is 13.2 Å². The molecule has 28 heavy (non-hydrogen) atoms. The van der Waals surface area contributed by atoms with Crippen molar-refractivity contribution in [2.45, 2.75) is 20.4 Å². The molecule has 0 fully saturated rings. The molecule has 0 aromatic heterocycles.